The van der Waals surface area contributed by atoms with E-state index in [1.807, 2.05) is 26.8 Å². The van der Waals surface area contributed by atoms with E-state index < -0.39 is 5.54 Å². The number of hydrogen-bond acceptors (Lipinski definition) is 2. The Balaban J connectivity index is 3.14. The highest BCUT2D eigenvalue weighted by Crippen LogP contribution is 2.23. The van der Waals surface area contributed by atoms with E-state index in [2.05, 4.69) is 6.58 Å². The fraction of sp³-hybridized carbons (Fsp3) is 0.308. The summed E-state index contributed by atoms with van der Waals surface area (Å²) in [6.07, 6.45) is 1.68. The number of nitrogens with zero attached hydrogens (tertiary/aromatic N) is 2. The van der Waals surface area contributed by atoms with Gasteiger partial charge in [-0.05, 0) is 42.5 Å². The smallest absolute Gasteiger partial charge is 0.268 e. The zero-order valence-corrected chi connectivity index (χ0v) is 12.2. The van der Waals surface area contributed by atoms with E-state index in [4.69, 9.17) is 23.6 Å². The van der Waals surface area contributed by atoms with Gasteiger partial charge in [0.05, 0.1) is 5.54 Å². The first-order valence-corrected chi connectivity index (χ1v) is 6.13. The number of benzene rings is 1. The fourth-order valence-corrected chi connectivity index (χ4v) is 2.11. The summed E-state index contributed by atoms with van der Waals surface area (Å²) in [5, 5.41) is 1.28. The van der Waals surface area contributed by atoms with Crippen LogP contribution in [0.25, 0.3) is 6.08 Å². The van der Waals surface area contributed by atoms with Crippen LogP contribution in [0.5, 0.6) is 0 Å². The van der Waals surface area contributed by atoms with E-state index in [-0.39, 0.29) is 5.91 Å². The van der Waals surface area contributed by atoms with E-state index in [1.165, 1.54) is 5.01 Å². The van der Waals surface area contributed by atoms with Crippen molar-refractivity contribution in [2.45, 2.75) is 26.3 Å². The van der Waals surface area contributed by atoms with Gasteiger partial charge in [-0.25, -0.2) is 5.01 Å². The molecule has 1 rings (SSSR count). The van der Waals surface area contributed by atoms with Gasteiger partial charge < -0.3 is 0 Å². The Labute approximate surface area is 118 Å². The molecule has 0 atom stereocenters. The molecule has 0 aliphatic rings. The Hall–Kier alpha value is -1.03. The average molecular weight is 287 g/mol. The molecule has 5 heteroatoms. The number of hydrazine groups is 1. The van der Waals surface area contributed by atoms with Crippen LogP contribution in [-0.2, 0) is 0 Å². The molecule has 0 radical (unpaired) electrons. The van der Waals surface area contributed by atoms with Gasteiger partial charge in [-0.1, -0.05) is 24.8 Å². The number of amides is 1. The molecule has 0 N–H and O–H groups in total. The number of rotatable bonds is 3. The van der Waals surface area contributed by atoms with E-state index in [9.17, 15) is 4.79 Å². The van der Waals surface area contributed by atoms with Crippen molar-refractivity contribution in [2.24, 2.45) is 0 Å². The second-order valence-corrected chi connectivity index (χ2v) is 5.65. The highest BCUT2D eigenvalue weighted by molar-refractivity contribution is 6.34. The highest BCUT2D eigenvalue weighted by atomic mass is 35.5. The quantitative estimate of drug-likeness (QED) is 0.617. The van der Waals surface area contributed by atoms with Crippen LogP contribution in [0.3, 0.4) is 0 Å². The fourth-order valence-electron chi connectivity index (χ4n) is 1.52. The van der Waals surface area contributed by atoms with E-state index >= 15 is 0 Å². The zero-order valence-electron chi connectivity index (χ0n) is 10.7. The summed E-state index contributed by atoms with van der Waals surface area (Å²) in [6, 6.07) is 7.11. The van der Waals surface area contributed by atoms with Crippen LogP contribution in [0.2, 0.25) is 0 Å². The number of halogens is 2. The van der Waals surface area contributed by atoms with Crippen LogP contribution in [-0.4, -0.2) is 20.5 Å². The molecule has 0 spiro atoms. The number of carbonyl (C=O) groups is 1. The van der Waals surface area contributed by atoms with Crippen molar-refractivity contribution in [3.8, 4) is 0 Å². The lowest BCUT2D eigenvalue weighted by Crippen LogP contribution is -2.49. The van der Waals surface area contributed by atoms with Gasteiger partial charge in [0.1, 0.15) is 0 Å². The summed E-state index contributed by atoms with van der Waals surface area (Å²) in [6.45, 7) is 9.21. The molecule has 0 bridgehead atoms. The maximum absolute atomic E-state index is 12.4. The molecule has 0 aliphatic heterocycles. The van der Waals surface area contributed by atoms with Crippen molar-refractivity contribution >= 4 is 35.5 Å². The van der Waals surface area contributed by atoms with Gasteiger partial charge in [0.2, 0.25) is 0 Å². The van der Waals surface area contributed by atoms with Gasteiger partial charge in [-0.2, -0.15) is 0 Å². The molecule has 3 nitrogen and oxygen atoms in total. The van der Waals surface area contributed by atoms with Crippen molar-refractivity contribution < 1.29 is 4.79 Å². The monoisotopic (exact) mass is 286 g/mol. The van der Waals surface area contributed by atoms with Gasteiger partial charge in [-0.3, -0.25) is 4.79 Å². The minimum atomic E-state index is -0.523. The summed E-state index contributed by atoms with van der Waals surface area (Å²) in [4.78, 5) is 12.4. The lowest BCUT2D eigenvalue weighted by molar-refractivity contribution is 0.0244. The second kappa shape index (κ2) is 5.74. The second-order valence-electron chi connectivity index (χ2n) is 4.83. The summed E-state index contributed by atoms with van der Waals surface area (Å²) in [5.41, 5.74) is 0.851. The van der Waals surface area contributed by atoms with Gasteiger partial charge in [-0.15, -0.1) is 0 Å². The first-order valence-electron chi connectivity index (χ1n) is 5.46. The van der Waals surface area contributed by atoms with E-state index in [0.717, 1.165) is 9.61 Å². The van der Waals surface area contributed by atoms with Crippen LogP contribution in [0, 0.1) is 0 Å². The summed E-state index contributed by atoms with van der Waals surface area (Å²) >= 11 is 11.5. The summed E-state index contributed by atoms with van der Waals surface area (Å²) in [5.74, 6) is -0.267. The molecule has 0 fully saturated rings. The largest absolute Gasteiger partial charge is 0.270 e. The van der Waals surface area contributed by atoms with Gasteiger partial charge >= 0.3 is 0 Å². The van der Waals surface area contributed by atoms with Gasteiger partial charge in [0.15, 0.2) is 0 Å². The molecule has 18 heavy (non-hydrogen) atoms. The Morgan fingerprint density at radius 2 is 1.94 bits per heavy atom. The Kier molecular flexibility index (Phi) is 4.79. The first kappa shape index (κ1) is 15.0. The predicted molar refractivity (Wildman–Crippen MR) is 76.0 cm³/mol. The Morgan fingerprint density at radius 3 is 2.39 bits per heavy atom. The van der Waals surface area contributed by atoms with Crippen LogP contribution in [0.1, 0.15) is 36.7 Å². The molecule has 0 saturated heterocycles. The molecule has 98 valence electrons. The molecule has 0 saturated carbocycles. The first-order chi connectivity index (χ1) is 8.27. The van der Waals surface area contributed by atoms with Crippen molar-refractivity contribution in [2.75, 3.05) is 0 Å². The number of hydrogen-bond donors (Lipinski definition) is 0. The molecule has 1 amide bonds. The molecule has 1 aromatic carbocycles. The van der Waals surface area contributed by atoms with Gasteiger partial charge in [0, 0.05) is 29.1 Å². The highest BCUT2D eigenvalue weighted by Gasteiger charge is 2.31. The maximum atomic E-state index is 12.4. The normalized spacial score (nSPS) is 11.4. The Bertz CT molecular complexity index is 453. The SMILES string of the molecule is C=Cc1cccc(C(=O)N(N(Cl)Cl)C(C)(C)C)c1. The third-order valence-electron chi connectivity index (χ3n) is 2.35. The third kappa shape index (κ3) is 3.48. The molecule has 0 unspecified atom stereocenters. The van der Waals surface area contributed by atoms with Crippen molar-refractivity contribution in [1.29, 1.82) is 0 Å². The standard InChI is InChI=1S/C13H16Cl2N2O/c1-5-10-7-6-8-11(9-10)12(18)16(17(14)15)13(2,3)4/h5-9H,1H2,2-4H3. The topological polar surface area (TPSA) is 23.6 Å². The maximum Gasteiger partial charge on any atom is 0.270 e. The van der Waals surface area contributed by atoms with Crippen molar-refractivity contribution in [3.63, 3.8) is 0 Å². The van der Waals surface area contributed by atoms with E-state index in [1.54, 1.807) is 24.3 Å². The van der Waals surface area contributed by atoms with Crippen LogP contribution < -0.4 is 0 Å². The summed E-state index contributed by atoms with van der Waals surface area (Å²) in [7, 11) is 0. The van der Waals surface area contributed by atoms with Crippen LogP contribution in [0.4, 0.5) is 0 Å². The third-order valence-corrected chi connectivity index (χ3v) is 2.65. The minimum Gasteiger partial charge on any atom is -0.268 e. The van der Waals surface area contributed by atoms with Crippen LogP contribution in [0.15, 0.2) is 30.8 Å². The lowest BCUT2D eigenvalue weighted by atomic mass is 10.1. The molecule has 1 aromatic rings. The van der Waals surface area contributed by atoms with Crippen molar-refractivity contribution in [1.82, 2.24) is 9.06 Å². The minimum absolute atomic E-state index is 0.267. The average Bonchev–Trinajstić information content (AvgIpc) is 2.26. The lowest BCUT2D eigenvalue weighted by Gasteiger charge is -2.36. The molecular formula is C13H16Cl2N2O. The number of carbonyl (C=O) groups excluding carboxylic acids is 1. The van der Waals surface area contributed by atoms with E-state index in [0.29, 0.717) is 5.56 Å². The Morgan fingerprint density at radius 1 is 1.33 bits per heavy atom. The molecule has 0 aliphatic carbocycles. The molecule has 0 heterocycles. The van der Waals surface area contributed by atoms with Gasteiger partial charge in [0.25, 0.3) is 5.91 Å². The predicted octanol–water partition coefficient (Wildman–Crippen LogP) is 4.09. The summed E-state index contributed by atoms with van der Waals surface area (Å²) < 4.78 is 0.767. The zero-order chi connectivity index (χ0) is 13.9. The van der Waals surface area contributed by atoms with Crippen LogP contribution >= 0.6 is 23.6 Å². The van der Waals surface area contributed by atoms with Crippen molar-refractivity contribution in [3.05, 3.63) is 42.0 Å². The molecular weight excluding hydrogens is 271 g/mol. The molecule has 0 aromatic heterocycles.